The third kappa shape index (κ3) is 3.65. The van der Waals surface area contributed by atoms with Crippen LogP contribution in [0, 0.1) is 0 Å². The SMILES string of the molecule is CCc1nc(S/C(=C\c2ccc3c(c2)OCCO3)C(=O)O)n[nH]1. The topological polar surface area (TPSA) is 97.3 Å². The highest BCUT2D eigenvalue weighted by Gasteiger charge is 2.15. The van der Waals surface area contributed by atoms with Gasteiger partial charge in [-0.05, 0) is 35.5 Å². The van der Waals surface area contributed by atoms with Crippen molar-refractivity contribution < 1.29 is 19.4 Å². The number of carboxylic acid groups (broad SMARTS) is 1. The maximum absolute atomic E-state index is 11.5. The predicted octanol–water partition coefficient (Wildman–Crippen LogP) is 2.36. The minimum Gasteiger partial charge on any atom is -0.486 e. The number of aliphatic carboxylic acids is 1. The van der Waals surface area contributed by atoms with Crippen molar-refractivity contribution >= 4 is 23.8 Å². The molecule has 0 aliphatic carbocycles. The van der Waals surface area contributed by atoms with Gasteiger partial charge in [0.15, 0.2) is 11.5 Å². The first kappa shape index (κ1) is 15.4. The summed E-state index contributed by atoms with van der Waals surface area (Å²) in [5, 5.41) is 16.5. The average Bonchev–Trinajstić information content (AvgIpc) is 3.02. The first-order chi connectivity index (χ1) is 11.2. The number of rotatable bonds is 5. The van der Waals surface area contributed by atoms with Gasteiger partial charge in [0, 0.05) is 6.42 Å². The number of carboxylic acids is 1. The minimum atomic E-state index is -1.03. The minimum absolute atomic E-state index is 0.128. The zero-order chi connectivity index (χ0) is 16.2. The summed E-state index contributed by atoms with van der Waals surface area (Å²) >= 11 is 1.00. The molecule has 0 saturated heterocycles. The van der Waals surface area contributed by atoms with Crippen LogP contribution in [0.4, 0.5) is 0 Å². The standard InChI is InChI=1S/C15H15N3O4S/c1-2-13-16-15(18-17-13)23-12(14(19)20)8-9-3-4-10-11(7-9)22-6-5-21-10/h3-4,7-8H,2,5-6H2,1H3,(H,19,20)(H,16,17,18)/b12-8-. The number of hydrogen-bond acceptors (Lipinski definition) is 6. The van der Waals surface area contributed by atoms with Gasteiger partial charge < -0.3 is 14.6 Å². The first-order valence-corrected chi connectivity index (χ1v) is 7.91. The number of thioether (sulfide) groups is 1. The van der Waals surface area contributed by atoms with E-state index in [9.17, 15) is 9.90 Å². The maximum atomic E-state index is 11.5. The van der Waals surface area contributed by atoms with E-state index in [1.807, 2.05) is 6.92 Å². The van der Waals surface area contributed by atoms with Gasteiger partial charge >= 0.3 is 5.97 Å². The van der Waals surface area contributed by atoms with Crippen LogP contribution in [-0.4, -0.2) is 39.5 Å². The fourth-order valence-corrected chi connectivity index (χ4v) is 2.74. The molecular formula is C15H15N3O4S. The molecule has 2 aromatic rings. The molecule has 1 aromatic heterocycles. The highest BCUT2D eigenvalue weighted by atomic mass is 32.2. The third-order valence-corrected chi connectivity index (χ3v) is 4.00. The Kier molecular flexibility index (Phi) is 4.52. The molecule has 0 spiro atoms. The van der Waals surface area contributed by atoms with E-state index in [1.54, 1.807) is 24.3 Å². The number of H-pyrrole nitrogens is 1. The van der Waals surface area contributed by atoms with E-state index in [-0.39, 0.29) is 4.91 Å². The van der Waals surface area contributed by atoms with Crippen molar-refractivity contribution in [3.8, 4) is 11.5 Å². The largest absolute Gasteiger partial charge is 0.486 e. The van der Waals surface area contributed by atoms with E-state index in [2.05, 4.69) is 15.2 Å². The van der Waals surface area contributed by atoms with Crippen LogP contribution in [0.5, 0.6) is 11.5 Å². The lowest BCUT2D eigenvalue weighted by Gasteiger charge is -2.18. The van der Waals surface area contributed by atoms with Crippen molar-refractivity contribution in [1.29, 1.82) is 0 Å². The molecular weight excluding hydrogens is 318 g/mol. The van der Waals surface area contributed by atoms with Crippen LogP contribution in [0.1, 0.15) is 18.3 Å². The monoisotopic (exact) mass is 333 g/mol. The molecule has 2 N–H and O–H groups in total. The molecule has 7 nitrogen and oxygen atoms in total. The van der Waals surface area contributed by atoms with Crippen LogP contribution in [0.15, 0.2) is 28.3 Å². The van der Waals surface area contributed by atoms with E-state index in [0.717, 1.165) is 17.6 Å². The van der Waals surface area contributed by atoms with Gasteiger partial charge in [0.25, 0.3) is 0 Å². The summed E-state index contributed by atoms with van der Waals surface area (Å²) in [6.07, 6.45) is 2.27. The van der Waals surface area contributed by atoms with E-state index < -0.39 is 5.97 Å². The molecule has 0 atom stereocenters. The number of nitrogens with zero attached hydrogens (tertiary/aromatic N) is 2. The lowest BCUT2D eigenvalue weighted by molar-refractivity contribution is -0.131. The van der Waals surface area contributed by atoms with Gasteiger partial charge in [-0.1, -0.05) is 13.0 Å². The maximum Gasteiger partial charge on any atom is 0.342 e. The van der Waals surface area contributed by atoms with Gasteiger partial charge in [0.05, 0.1) is 0 Å². The van der Waals surface area contributed by atoms with Gasteiger partial charge in [-0.3, -0.25) is 5.10 Å². The van der Waals surface area contributed by atoms with E-state index >= 15 is 0 Å². The lowest BCUT2D eigenvalue weighted by atomic mass is 10.2. The summed E-state index contributed by atoms with van der Waals surface area (Å²) in [5.74, 6) is 0.967. The Hall–Kier alpha value is -2.48. The molecule has 1 aromatic carbocycles. The molecule has 1 aliphatic rings. The fourth-order valence-electron chi connectivity index (χ4n) is 2.02. The highest BCUT2D eigenvalue weighted by molar-refractivity contribution is 8.04. The Balaban J connectivity index is 1.85. The van der Waals surface area contributed by atoms with E-state index in [0.29, 0.717) is 41.9 Å². The van der Waals surface area contributed by atoms with Gasteiger partial charge in [0.2, 0.25) is 5.16 Å². The molecule has 0 unspecified atom stereocenters. The molecule has 8 heteroatoms. The second kappa shape index (κ2) is 6.74. The number of fused-ring (bicyclic) bond motifs is 1. The quantitative estimate of drug-likeness (QED) is 0.640. The van der Waals surface area contributed by atoms with Crippen LogP contribution in [0.3, 0.4) is 0 Å². The van der Waals surface area contributed by atoms with Crippen LogP contribution < -0.4 is 9.47 Å². The summed E-state index contributed by atoms with van der Waals surface area (Å²) in [6.45, 7) is 2.94. The van der Waals surface area contributed by atoms with Crippen molar-refractivity contribution in [3.05, 3.63) is 34.5 Å². The zero-order valence-corrected chi connectivity index (χ0v) is 13.2. The number of hydrogen-bond donors (Lipinski definition) is 2. The van der Waals surface area contributed by atoms with Crippen molar-refractivity contribution in [2.45, 2.75) is 18.5 Å². The number of carbonyl (C=O) groups is 1. The van der Waals surface area contributed by atoms with Crippen LogP contribution in [-0.2, 0) is 11.2 Å². The van der Waals surface area contributed by atoms with Gasteiger partial charge in [0.1, 0.15) is 23.9 Å². The summed E-state index contributed by atoms with van der Waals surface area (Å²) in [7, 11) is 0. The summed E-state index contributed by atoms with van der Waals surface area (Å²) in [6, 6.07) is 5.31. The van der Waals surface area contributed by atoms with Crippen molar-refractivity contribution in [2.24, 2.45) is 0 Å². The molecule has 0 amide bonds. The second-order valence-corrected chi connectivity index (χ2v) is 5.75. The number of aromatic nitrogens is 3. The Labute approximate surface area is 136 Å². The Morgan fingerprint density at radius 3 is 2.87 bits per heavy atom. The molecule has 120 valence electrons. The van der Waals surface area contributed by atoms with Gasteiger partial charge in [-0.25, -0.2) is 9.78 Å². The molecule has 3 rings (SSSR count). The Morgan fingerprint density at radius 1 is 1.39 bits per heavy atom. The Morgan fingerprint density at radius 2 is 2.17 bits per heavy atom. The van der Waals surface area contributed by atoms with Crippen LogP contribution in [0.25, 0.3) is 6.08 Å². The fraction of sp³-hybridized carbons (Fsp3) is 0.267. The molecule has 2 heterocycles. The Bertz CT molecular complexity index is 757. The second-order valence-electron chi connectivity index (χ2n) is 4.74. The summed E-state index contributed by atoms with van der Waals surface area (Å²) in [4.78, 5) is 15.8. The smallest absolute Gasteiger partial charge is 0.342 e. The van der Waals surface area contributed by atoms with Crippen molar-refractivity contribution in [2.75, 3.05) is 13.2 Å². The molecule has 1 aliphatic heterocycles. The average molecular weight is 333 g/mol. The number of ether oxygens (including phenoxy) is 2. The molecule has 0 saturated carbocycles. The lowest BCUT2D eigenvalue weighted by Crippen LogP contribution is -2.15. The predicted molar refractivity (Wildman–Crippen MR) is 84.7 cm³/mol. The van der Waals surface area contributed by atoms with Gasteiger partial charge in [-0.2, -0.15) is 0 Å². The number of benzene rings is 1. The number of aryl methyl sites for hydroxylation is 1. The molecule has 23 heavy (non-hydrogen) atoms. The molecule has 0 fully saturated rings. The number of aromatic amines is 1. The van der Waals surface area contributed by atoms with Crippen molar-refractivity contribution in [3.63, 3.8) is 0 Å². The summed E-state index contributed by atoms with van der Waals surface area (Å²) < 4.78 is 11.0. The third-order valence-electron chi connectivity index (χ3n) is 3.12. The highest BCUT2D eigenvalue weighted by Crippen LogP contribution is 2.33. The summed E-state index contributed by atoms with van der Waals surface area (Å²) in [5.41, 5.74) is 0.713. The first-order valence-electron chi connectivity index (χ1n) is 7.09. The molecule has 0 bridgehead atoms. The molecule has 0 radical (unpaired) electrons. The van der Waals surface area contributed by atoms with Crippen LogP contribution in [0.2, 0.25) is 0 Å². The van der Waals surface area contributed by atoms with Crippen LogP contribution >= 0.6 is 11.8 Å². The van der Waals surface area contributed by atoms with Crippen molar-refractivity contribution in [1.82, 2.24) is 15.2 Å². The van der Waals surface area contributed by atoms with Gasteiger partial charge in [-0.15, -0.1) is 5.10 Å². The normalized spacial score (nSPS) is 13.9. The number of nitrogens with one attached hydrogen (secondary N) is 1. The van der Waals surface area contributed by atoms with E-state index in [4.69, 9.17) is 9.47 Å². The van der Waals surface area contributed by atoms with E-state index in [1.165, 1.54) is 0 Å². The zero-order valence-electron chi connectivity index (χ0n) is 12.4.